The van der Waals surface area contributed by atoms with Crippen molar-refractivity contribution in [3.05, 3.63) is 24.3 Å². The van der Waals surface area contributed by atoms with Gasteiger partial charge in [-0.1, -0.05) is 0 Å². The van der Waals surface area contributed by atoms with Gasteiger partial charge in [-0.3, -0.25) is 9.59 Å². The van der Waals surface area contributed by atoms with Gasteiger partial charge in [0.1, 0.15) is 11.5 Å². The smallest absolute Gasteiger partial charge is 0.258 e. The van der Waals surface area contributed by atoms with Crippen LogP contribution in [0.2, 0.25) is 0 Å². The third-order valence-electron chi connectivity index (χ3n) is 2.43. The molecule has 8 heteroatoms. The standard InChI is InChI=1S/C14H20N2O6/c17-7-5-15-13(19)9-21-11-1-2-12(4-3-11)22-10-14(20)16-6-8-18/h1-4,17-18H,5-10H2,(H,15,19)(H,16,20). The first-order chi connectivity index (χ1) is 10.7. The highest BCUT2D eigenvalue weighted by Crippen LogP contribution is 2.17. The van der Waals surface area contributed by atoms with Gasteiger partial charge in [-0.25, -0.2) is 0 Å². The molecule has 0 fully saturated rings. The minimum absolute atomic E-state index is 0.121. The molecular formula is C14H20N2O6. The lowest BCUT2D eigenvalue weighted by atomic mass is 10.3. The second kappa shape index (κ2) is 10.4. The van der Waals surface area contributed by atoms with Crippen molar-refractivity contribution in [1.29, 1.82) is 0 Å². The molecule has 1 rings (SSSR count). The molecule has 22 heavy (non-hydrogen) atoms. The highest BCUT2D eigenvalue weighted by Gasteiger charge is 2.04. The van der Waals surface area contributed by atoms with E-state index in [4.69, 9.17) is 19.7 Å². The summed E-state index contributed by atoms with van der Waals surface area (Å²) in [7, 11) is 0. The van der Waals surface area contributed by atoms with Crippen molar-refractivity contribution in [3.63, 3.8) is 0 Å². The molecule has 0 saturated carbocycles. The minimum atomic E-state index is -0.324. The van der Waals surface area contributed by atoms with Crippen molar-refractivity contribution in [1.82, 2.24) is 10.6 Å². The minimum Gasteiger partial charge on any atom is -0.484 e. The normalized spacial score (nSPS) is 9.91. The number of nitrogens with one attached hydrogen (secondary N) is 2. The Kier molecular flexibility index (Phi) is 8.39. The molecule has 0 aliphatic rings. The monoisotopic (exact) mass is 312 g/mol. The fourth-order valence-corrected chi connectivity index (χ4v) is 1.42. The number of hydrogen-bond donors (Lipinski definition) is 4. The zero-order valence-electron chi connectivity index (χ0n) is 12.1. The molecular weight excluding hydrogens is 292 g/mol. The number of aliphatic hydroxyl groups excluding tert-OH is 2. The fraction of sp³-hybridized carbons (Fsp3) is 0.429. The van der Waals surface area contributed by atoms with E-state index in [2.05, 4.69) is 10.6 Å². The summed E-state index contributed by atoms with van der Waals surface area (Å²) in [6.45, 7) is -0.165. The van der Waals surface area contributed by atoms with Crippen molar-refractivity contribution < 1.29 is 29.3 Å². The first kappa shape index (κ1) is 17.7. The molecule has 0 aromatic heterocycles. The molecule has 2 amide bonds. The maximum atomic E-state index is 11.3. The summed E-state index contributed by atoms with van der Waals surface area (Å²) >= 11 is 0. The van der Waals surface area contributed by atoms with Gasteiger partial charge in [-0.05, 0) is 24.3 Å². The molecule has 0 bridgehead atoms. The predicted octanol–water partition coefficient (Wildman–Crippen LogP) is -1.34. The van der Waals surface area contributed by atoms with Crippen molar-refractivity contribution in [3.8, 4) is 11.5 Å². The molecule has 122 valence electrons. The second-order valence-corrected chi connectivity index (χ2v) is 4.20. The van der Waals surface area contributed by atoms with Gasteiger partial charge in [-0.15, -0.1) is 0 Å². The van der Waals surface area contributed by atoms with Crippen LogP contribution in [0.1, 0.15) is 0 Å². The van der Waals surface area contributed by atoms with Gasteiger partial charge in [0.15, 0.2) is 13.2 Å². The fourth-order valence-electron chi connectivity index (χ4n) is 1.42. The maximum Gasteiger partial charge on any atom is 0.258 e. The average molecular weight is 312 g/mol. The van der Waals surface area contributed by atoms with E-state index in [1.807, 2.05) is 0 Å². The third-order valence-corrected chi connectivity index (χ3v) is 2.43. The maximum absolute atomic E-state index is 11.3. The Morgan fingerprint density at radius 1 is 0.818 bits per heavy atom. The van der Waals surface area contributed by atoms with E-state index in [9.17, 15) is 9.59 Å². The lowest BCUT2D eigenvalue weighted by Gasteiger charge is -2.09. The number of hydrogen-bond acceptors (Lipinski definition) is 6. The van der Waals surface area contributed by atoms with Gasteiger partial charge in [0.25, 0.3) is 11.8 Å². The number of carbonyl (C=O) groups excluding carboxylic acids is 2. The van der Waals surface area contributed by atoms with Crippen LogP contribution in [0.25, 0.3) is 0 Å². The van der Waals surface area contributed by atoms with E-state index >= 15 is 0 Å². The Bertz CT molecular complexity index is 420. The molecule has 0 radical (unpaired) electrons. The molecule has 0 aliphatic heterocycles. The number of amides is 2. The van der Waals surface area contributed by atoms with Crippen LogP contribution < -0.4 is 20.1 Å². The second-order valence-electron chi connectivity index (χ2n) is 4.20. The quantitative estimate of drug-likeness (QED) is 0.425. The van der Waals surface area contributed by atoms with E-state index in [1.54, 1.807) is 24.3 Å². The number of aliphatic hydroxyl groups is 2. The molecule has 0 atom stereocenters. The van der Waals surface area contributed by atoms with Gasteiger partial charge in [0, 0.05) is 13.1 Å². The van der Waals surface area contributed by atoms with Crippen LogP contribution in [0.3, 0.4) is 0 Å². The van der Waals surface area contributed by atoms with Crippen LogP contribution in [-0.2, 0) is 9.59 Å². The summed E-state index contributed by atoms with van der Waals surface area (Å²) in [6.07, 6.45) is 0. The van der Waals surface area contributed by atoms with E-state index in [0.717, 1.165) is 0 Å². The Morgan fingerprint density at radius 2 is 1.18 bits per heavy atom. The van der Waals surface area contributed by atoms with Crippen LogP contribution in [0, 0.1) is 0 Å². The zero-order valence-corrected chi connectivity index (χ0v) is 12.1. The van der Waals surface area contributed by atoms with Crippen LogP contribution in [0.4, 0.5) is 0 Å². The highest BCUT2D eigenvalue weighted by molar-refractivity contribution is 5.77. The Labute approximate surface area is 128 Å². The molecule has 1 aromatic rings. The number of carbonyl (C=O) groups is 2. The van der Waals surface area contributed by atoms with E-state index in [0.29, 0.717) is 11.5 Å². The lowest BCUT2D eigenvalue weighted by molar-refractivity contribution is -0.124. The average Bonchev–Trinajstić information content (AvgIpc) is 2.55. The van der Waals surface area contributed by atoms with Gasteiger partial charge in [-0.2, -0.15) is 0 Å². The molecule has 4 N–H and O–H groups in total. The molecule has 0 saturated heterocycles. The summed E-state index contributed by atoms with van der Waals surface area (Å²) in [5.41, 5.74) is 0. The molecule has 0 spiro atoms. The largest absolute Gasteiger partial charge is 0.484 e. The Hall–Kier alpha value is -2.32. The van der Waals surface area contributed by atoms with Crippen molar-refractivity contribution in [2.24, 2.45) is 0 Å². The van der Waals surface area contributed by atoms with Gasteiger partial charge in [0.2, 0.25) is 0 Å². The van der Waals surface area contributed by atoms with Crippen molar-refractivity contribution in [2.45, 2.75) is 0 Å². The molecule has 1 aromatic carbocycles. The first-order valence-corrected chi connectivity index (χ1v) is 6.76. The SMILES string of the molecule is O=C(COc1ccc(OCC(=O)NCCO)cc1)NCCO. The zero-order chi connectivity index (χ0) is 16.2. The van der Waals surface area contributed by atoms with E-state index < -0.39 is 0 Å². The first-order valence-electron chi connectivity index (χ1n) is 6.76. The summed E-state index contributed by atoms with van der Waals surface area (Å²) in [5, 5.41) is 22.0. The number of rotatable bonds is 10. The van der Waals surface area contributed by atoms with Crippen LogP contribution in [0.5, 0.6) is 11.5 Å². The van der Waals surface area contributed by atoms with Crippen molar-refractivity contribution >= 4 is 11.8 Å². The third kappa shape index (κ3) is 7.46. The van der Waals surface area contributed by atoms with Crippen LogP contribution in [0.15, 0.2) is 24.3 Å². The molecule has 0 unspecified atom stereocenters. The van der Waals surface area contributed by atoms with Gasteiger partial charge < -0.3 is 30.3 Å². The van der Waals surface area contributed by atoms with Crippen LogP contribution >= 0.6 is 0 Å². The predicted molar refractivity (Wildman–Crippen MR) is 77.6 cm³/mol. The Morgan fingerprint density at radius 3 is 1.50 bits per heavy atom. The lowest BCUT2D eigenvalue weighted by Crippen LogP contribution is -2.31. The summed E-state index contributed by atoms with van der Waals surface area (Å²) in [4.78, 5) is 22.5. The van der Waals surface area contributed by atoms with E-state index in [1.165, 1.54) is 0 Å². The van der Waals surface area contributed by atoms with Gasteiger partial charge >= 0.3 is 0 Å². The topological polar surface area (TPSA) is 117 Å². The molecule has 0 aliphatic carbocycles. The van der Waals surface area contributed by atoms with Crippen LogP contribution in [-0.4, -0.2) is 61.5 Å². The highest BCUT2D eigenvalue weighted by atomic mass is 16.5. The van der Waals surface area contributed by atoms with E-state index in [-0.39, 0.29) is 51.3 Å². The summed E-state index contributed by atoms with van der Waals surface area (Å²) < 4.78 is 10.5. The summed E-state index contributed by atoms with van der Waals surface area (Å²) in [5.74, 6) is 0.317. The number of ether oxygens (including phenoxy) is 2. The van der Waals surface area contributed by atoms with Gasteiger partial charge in [0.05, 0.1) is 13.2 Å². The molecule has 8 nitrogen and oxygen atoms in total. The summed E-state index contributed by atoms with van der Waals surface area (Å²) in [6, 6.07) is 6.45. The molecule has 0 heterocycles. The Balaban J connectivity index is 2.30. The van der Waals surface area contributed by atoms with Crippen molar-refractivity contribution in [2.75, 3.05) is 39.5 Å². The number of benzene rings is 1.